The number of aromatic nitrogens is 2. The van der Waals surface area contributed by atoms with Gasteiger partial charge in [0.2, 0.25) is 5.82 Å². The third-order valence-corrected chi connectivity index (χ3v) is 5.66. The van der Waals surface area contributed by atoms with Gasteiger partial charge in [-0.3, -0.25) is 4.55 Å². The van der Waals surface area contributed by atoms with E-state index >= 15 is 0 Å². The number of nitrogens with two attached hydrogens (primary N) is 2. The lowest BCUT2D eigenvalue weighted by molar-refractivity contribution is -0.835. The second-order valence-electron chi connectivity index (χ2n) is 7.18. The molecule has 27 heavy (non-hydrogen) atoms. The van der Waals surface area contributed by atoms with Crippen LogP contribution in [0.1, 0.15) is 64.2 Å². The van der Waals surface area contributed by atoms with Crippen LogP contribution in [-0.4, -0.2) is 35.5 Å². The lowest BCUT2D eigenvalue weighted by Crippen LogP contribution is -2.52. The molecule has 6 N–H and O–H groups in total. The fourth-order valence-electron chi connectivity index (χ4n) is 4.22. The molecular weight excluding hydrogens is 374 g/mol. The Morgan fingerprint density at radius 2 is 1.52 bits per heavy atom. The number of rotatable bonds is 5. The molecular formula is C16H29N5O5S. The molecule has 3 rings (SSSR count). The molecule has 10 nitrogen and oxygen atoms in total. The van der Waals surface area contributed by atoms with Gasteiger partial charge in [0.15, 0.2) is 5.82 Å². The molecule has 0 aromatic carbocycles. The Balaban J connectivity index is 0.00000261. The minimum absolute atomic E-state index is 0. The quantitative estimate of drug-likeness (QED) is 0.481. The van der Waals surface area contributed by atoms with Crippen molar-refractivity contribution in [1.29, 1.82) is 0 Å². The lowest BCUT2D eigenvalue weighted by atomic mass is 9.88. The van der Waals surface area contributed by atoms with Gasteiger partial charge < -0.3 is 21.8 Å². The zero-order valence-electron chi connectivity index (χ0n) is 15.3. The highest BCUT2D eigenvalue weighted by Crippen LogP contribution is 2.33. The van der Waals surface area contributed by atoms with Gasteiger partial charge in [0, 0.05) is 12.1 Å². The molecule has 2 saturated carbocycles. The fourth-order valence-corrected chi connectivity index (χ4v) is 4.57. The molecule has 1 heterocycles. The van der Waals surface area contributed by atoms with Crippen molar-refractivity contribution in [2.45, 2.75) is 76.3 Å². The average Bonchev–Trinajstić information content (AvgIpc) is 2.60. The van der Waals surface area contributed by atoms with Crippen LogP contribution in [0.15, 0.2) is 6.07 Å². The topological polar surface area (TPSA) is 166 Å². The van der Waals surface area contributed by atoms with E-state index in [1.54, 1.807) is 6.07 Å². The Bertz CT molecular complexity index is 692. The van der Waals surface area contributed by atoms with Gasteiger partial charge in [-0.1, -0.05) is 43.5 Å². The Morgan fingerprint density at radius 1 is 1.04 bits per heavy atom. The molecule has 0 bridgehead atoms. The predicted octanol–water partition coefficient (Wildman–Crippen LogP) is 1.06. The van der Waals surface area contributed by atoms with E-state index in [-0.39, 0.29) is 17.2 Å². The van der Waals surface area contributed by atoms with Gasteiger partial charge in [-0.25, -0.2) is 4.28 Å². The molecule has 0 radical (unpaired) electrons. The minimum Gasteiger partial charge on any atom is -0.870 e. The number of nitrogens with zero attached hydrogens (tertiary/aromatic N) is 3. The number of nitrogen functional groups attached to an aromatic ring is 2. The molecule has 0 saturated heterocycles. The zero-order chi connectivity index (χ0) is 18.7. The van der Waals surface area contributed by atoms with Crippen LogP contribution in [0.2, 0.25) is 0 Å². The average molecular weight is 404 g/mol. The molecule has 2 fully saturated rings. The van der Waals surface area contributed by atoms with E-state index in [0.29, 0.717) is 22.6 Å². The number of hydrogen-bond acceptors (Lipinski definition) is 8. The second-order valence-corrected chi connectivity index (χ2v) is 8.19. The van der Waals surface area contributed by atoms with Crippen LogP contribution >= 0.6 is 0 Å². The van der Waals surface area contributed by atoms with Crippen molar-refractivity contribution in [2.24, 2.45) is 0 Å². The first-order valence-corrected chi connectivity index (χ1v) is 10.7. The van der Waals surface area contributed by atoms with Crippen molar-refractivity contribution in [3.05, 3.63) is 6.07 Å². The normalized spacial score (nSPS) is 19.3. The van der Waals surface area contributed by atoms with Crippen molar-refractivity contribution in [1.82, 2.24) is 4.98 Å². The summed E-state index contributed by atoms with van der Waals surface area (Å²) in [5.41, 5.74) is 11.8. The summed E-state index contributed by atoms with van der Waals surface area (Å²) in [6.45, 7) is 0. The Morgan fingerprint density at radius 3 is 1.93 bits per heavy atom. The van der Waals surface area contributed by atoms with Crippen molar-refractivity contribution < 1.29 is 27.5 Å². The van der Waals surface area contributed by atoms with Crippen LogP contribution in [0.4, 0.5) is 17.6 Å². The van der Waals surface area contributed by atoms with E-state index in [0.717, 1.165) is 25.7 Å². The van der Waals surface area contributed by atoms with Gasteiger partial charge in [-0.05, 0) is 30.4 Å². The molecule has 11 heteroatoms. The SMILES string of the molecule is Nc1cc(N(C2CCCCC2)C2CCCCC2)nc(N)[n+]1OS(=O)(=O)O.[OH-]. The van der Waals surface area contributed by atoms with Crippen LogP contribution in [0, 0.1) is 0 Å². The summed E-state index contributed by atoms with van der Waals surface area (Å²) in [5, 5.41) is 0. The first kappa shape index (κ1) is 21.5. The number of anilines is 3. The maximum Gasteiger partial charge on any atom is 0.474 e. The molecule has 0 amide bonds. The fraction of sp³-hybridized carbons (Fsp3) is 0.750. The smallest absolute Gasteiger partial charge is 0.474 e. The van der Waals surface area contributed by atoms with E-state index in [1.165, 1.54) is 38.5 Å². The summed E-state index contributed by atoms with van der Waals surface area (Å²) in [6.07, 6.45) is 11.7. The number of hydrogen-bond donors (Lipinski definition) is 3. The first-order valence-electron chi connectivity index (χ1n) is 9.29. The van der Waals surface area contributed by atoms with Gasteiger partial charge in [-0.15, -0.1) is 0 Å². The Hall–Kier alpha value is -1.85. The van der Waals surface area contributed by atoms with Crippen molar-refractivity contribution in [3.8, 4) is 0 Å². The van der Waals surface area contributed by atoms with Crippen LogP contribution in [-0.2, 0) is 10.4 Å². The van der Waals surface area contributed by atoms with Crippen molar-refractivity contribution in [3.63, 3.8) is 0 Å². The minimum atomic E-state index is -4.75. The summed E-state index contributed by atoms with van der Waals surface area (Å²) in [6, 6.07) is 2.35. The third-order valence-electron chi connectivity index (χ3n) is 5.32. The van der Waals surface area contributed by atoms with Gasteiger partial charge >= 0.3 is 16.3 Å². The van der Waals surface area contributed by atoms with Crippen LogP contribution < -0.4 is 25.4 Å². The van der Waals surface area contributed by atoms with Gasteiger partial charge in [0.05, 0.1) is 6.07 Å². The van der Waals surface area contributed by atoms with Crippen LogP contribution in [0.25, 0.3) is 0 Å². The van der Waals surface area contributed by atoms with E-state index < -0.39 is 10.4 Å². The zero-order valence-corrected chi connectivity index (χ0v) is 16.1. The molecule has 0 spiro atoms. The second kappa shape index (κ2) is 8.89. The molecule has 1 aromatic heterocycles. The van der Waals surface area contributed by atoms with E-state index in [4.69, 9.17) is 16.0 Å². The molecule has 2 aliphatic carbocycles. The maximum absolute atomic E-state index is 11.0. The lowest BCUT2D eigenvalue weighted by Gasteiger charge is -2.41. The summed E-state index contributed by atoms with van der Waals surface area (Å²) in [5.74, 6) is 0.407. The largest absolute Gasteiger partial charge is 0.870 e. The van der Waals surface area contributed by atoms with Crippen LogP contribution in [0.5, 0.6) is 0 Å². The highest BCUT2D eigenvalue weighted by molar-refractivity contribution is 7.80. The van der Waals surface area contributed by atoms with Crippen LogP contribution in [0.3, 0.4) is 0 Å². The first-order chi connectivity index (χ1) is 12.3. The van der Waals surface area contributed by atoms with Crippen molar-refractivity contribution >= 4 is 28.0 Å². The summed E-state index contributed by atoms with van der Waals surface area (Å²) in [4.78, 5) is 6.69. The van der Waals surface area contributed by atoms with Gasteiger partial charge in [0.1, 0.15) is 0 Å². The van der Waals surface area contributed by atoms with Crippen molar-refractivity contribution in [2.75, 3.05) is 16.4 Å². The summed E-state index contributed by atoms with van der Waals surface area (Å²) in [7, 11) is -4.75. The molecule has 0 aliphatic heterocycles. The highest BCUT2D eigenvalue weighted by atomic mass is 32.3. The van der Waals surface area contributed by atoms with Gasteiger partial charge in [0.25, 0.3) is 0 Å². The molecule has 2 aliphatic rings. The molecule has 0 atom stereocenters. The monoisotopic (exact) mass is 403 g/mol. The van der Waals surface area contributed by atoms with Gasteiger partial charge in [-0.2, -0.15) is 8.42 Å². The molecule has 154 valence electrons. The van der Waals surface area contributed by atoms with E-state index in [9.17, 15) is 8.42 Å². The summed E-state index contributed by atoms with van der Waals surface area (Å²) >= 11 is 0. The van der Waals surface area contributed by atoms with E-state index in [2.05, 4.69) is 14.2 Å². The predicted molar refractivity (Wildman–Crippen MR) is 99.5 cm³/mol. The standard InChI is InChI=1S/C16H27N5O4S.H2O/c17-14-11-15(19-16(18)21(14)25-26(22,23)24)20(12-7-3-1-4-8-12)13-9-5-2-6-10-13;/h11-13H,1-10H2,(H4,17,18,19,22,23,24);1H2. The third kappa shape index (κ3) is 5.33. The summed E-state index contributed by atoms with van der Waals surface area (Å²) < 4.78 is 35.9. The Kier molecular flexibility index (Phi) is 7.06. The molecule has 0 unspecified atom stereocenters. The maximum atomic E-state index is 11.0. The highest BCUT2D eigenvalue weighted by Gasteiger charge is 2.33. The Labute approximate surface area is 159 Å². The molecule has 1 aromatic rings. The van der Waals surface area contributed by atoms with E-state index in [1.807, 2.05) is 0 Å².